The zero-order chi connectivity index (χ0) is 17.4. The van der Waals surface area contributed by atoms with Gasteiger partial charge in [-0.1, -0.05) is 47.2 Å². The molecule has 4 aromatic rings. The maximum Gasteiger partial charge on any atom is 0.260 e. The van der Waals surface area contributed by atoms with Crippen LogP contribution in [0.25, 0.3) is 15.9 Å². The summed E-state index contributed by atoms with van der Waals surface area (Å²) in [5.74, 6) is -0.241. The first-order chi connectivity index (χ1) is 12.1. The van der Waals surface area contributed by atoms with Crippen molar-refractivity contribution in [1.82, 2.24) is 14.8 Å². The van der Waals surface area contributed by atoms with Crippen molar-refractivity contribution >= 4 is 44.2 Å². The summed E-state index contributed by atoms with van der Waals surface area (Å²) in [6, 6.07) is 15.1. The lowest BCUT2D eigenvalue weighted by Crippen LogP contribution is -2.13. The molecule has 2 heterocycles. The maximum atomic E-state index is 12.6. The van der Waals surface area contributed by atoms with E-state index in [2.05, 4.69) is 15.4 Å². The molecule has 0 atom stereocenters. The number of halogens is 1. The van der Waals surface area contributed by atoms with E-state index in [1.54, 1.807) is 16.9 Å². The van der Waals surface area contributed by atoms with Crippen LogP contribution in [0.15, 0.2) is 54.7 Å². The molecule has 124 valence electrons. The molecule has 0 bridgehead atoms. The van der Waals surface area contributed by atoms with Gasteiger partial charge in [-0.15, -0.1) is 0 Å². The molecule has 7 heteroatoms. The van der Waals surface area contributed by atoms with E-state index < -0.39 is 0 Å². The third-order valence-corrected chi connectivity index (χ3v) is 5.12. The van der Waals surface area contributed by atoms with E-state index in [0.29, 0.717) is 21.4 Å². The highest BCUT2D eigenvalue weighted by Gasteiger charge is 2.17. The van der Waals surface area contributed by atoms with Gasteiger partial charge in [0.15, 0.2) is 5.13 Å². The normalized spacial score (nSPS) is 11.0. The quantitative estimate of drug-likeness (QED) is 0.570. The van der Waals surface area contributed by atoms with E-state index >= 15 is 0 Å². The molecule has 25 heavy (non-hydrogen) atoms. The van der Waals surface area contributed by atoms with Crippen LogP contribution in [-0.4, -0.2) is 20.7 Å². The molecule has 1 N–H and O–H groups in total. The van der Waals surface area contributed by atoms with Crippen molar-refractivity contribution < 1.29 is 4.79 Å². The Hall–Kier alpha value is -2.70. The van der Waals surface area contributed by atoms with Crippen molar-refractivity contribution in [1.29, 1.82) is 0 Å². The largest absolute Gasteiger partial charge is 0.298 e. The number of rotatable bonds is 3. The number of aromatic nitrogens is 3. The van der Waals surface area contributed by atoms with E-state index in [4.69, 9.17) is 11.6 Å². The number of carbonyl (C=O) groups is 1. The molecular formula is C18H13ClN4OS. The second-order valence-electron chi connectivity index (χ2n) is 5.45. The van der Waals surface area contributed by atoms with Gasteiger partial charge in [0.2, 0.25) is 0 Å². The molecule has 4 rings (SSSR count). The van der Waals surface area contributed by atoms with Crippen molar-refractivity contribution in [2.45, 2.75) is 6.92 Å². The van der Waals surface area contributed by atoms with Gasteiger partial charge >= 0.3 is 0 Å². The summed E-state index contributed by atoms with van der Waals surface area (Å²) in [5, 5.41) is 8.30. The van der Waals surface area contributed by atoms with E-state index in [1.807, 2.05) is 49.4 Å². The number of amides is 1. The van der Waals surface area contributed by atoms with Crippen molar-refractivity contribution in [3.8, 4) is 5.69 Å². The average Bonchev–Trinajstić information content (AvgIpc) is 3.18. The second-order valence-corrected chi connectivity index (χ2v) is 6.89. The standard InChI is InChI=1S/C18H13ClN4OS/c1-11-12(10-20-23(11)15-8-4-2-6-13(15)19)17(24)22-18-21-14-7-3-5-9-16(14)25-18/h2-10H,1H3,(H,21,22,24). The molecule has 0 saturated carbocycles. The highest BCUT2D eigenvalue weighted by Crippen LogP contribution is 2.27. The molecule has 0 fully saturated rings. The first-order valence-corrected chi connectivity index (χ1v) is 8.79. The summed E-state index contributed by atoms with van der Waals surface area (Å²) in [5.41, 5.74) is 2.80. The lowest BCUT2D eigenvalue weighted by molar-refractivity contribution is 0.102. The fraction of sp³-hybridized carbons (Fsp3) is 0.0556. The molecule has 0 unspecified atom stereocenters. The van der Waals surface area contributed by atoms with E-state index in [-0.39, 0.29) is 5.91 Å². The fourth-order valence-electron chi connectivity index (χ4n) is 2.59. The molecule has 0 saturated heterocycles. The van der Waals surface area contributed by atoms with Crippen LogP contribution in [0, 0.1) is 6.92 Å². The van der Waals surface area contributed by atoms with Gasteiger partial charge in [-0.25, -0.2) is 9.67 Å². The van der Waals surface area contributed by atoms with Crippen LogP contribution in [0.5, 0.6) is 0 Å². The number of nitrogens with zero attached hydrogens (tertiary/aromatic N) is 3. The van der Waals surface area contributed by atoms with Gasteiger partial charge in [-0.05, 0) is 31.2 Å². The molecule has 0 radical (unpaired) electrons. The topological polar surface area (TPSA) is 59.8 Å². The number of hydrogen-bond donors (Lipinski definition) is 1. The van der Waals surface area contributed by atoms with Gasteiger partial charge in [0.1, 0.15) is 0 Å². The Morgan fingerprint density at radius 2 is 1.92 bits per heavy atom. The molecule has 5 nitrogen and oxygen atoms in total. The van der Waals surface area contributed by atoms with E-state index in [9.17, 15) is 4.79 Å². The van der Waals surface area contributed by atoms with Crippen LogP contribution in [0.1, 0.15) is 16.1 Å². The van der Waals surface area contributed by atoms with Crippen LogP contribution in [0.3, 0.4) is 0 Å². The van der Waals surface area contributed by atoms with E-state index in [0.717, 1.165) is 15.9 Å². The number of para-hydroxylation sites is 2. The Morgan fingerprint density at radius 3 is 2.72 bits per heavy atom. The summed E-state index contributed by atoms with van der Waals surface area (Å²) < 4.78 is 2.69. The van der Waals surface area contributed by atoms with Gasteiger partial charge in [-0.3, -0.25) is 10.1 Å². The Bertz CT molecular complexity index is 1050. The summed E-state index contributed by atoms with van der Waals surface area (Å²) in [7, 11) is 0. The van der Waals surface area contributed by atoms with Gasteiger partial charge in [0.25, 0.3) is 5.91 Å². The predicted octanol–water partition coefficient (Wildman–Crippen LogP) is 4.70. The molecule has 0 aliphatic rings. The van der Waals surface area contributed by atoms with Crippen LogP contribution < -0.4 is 5.32 Å². The van der Waals surface area contributed by atoms with Crippen molar-refractivity contribution in [3.05, 3.63) is 71.0 Å². The fourth-order valence-corrected chi connectivity index (χ4v) is 3.67. The summed E-state index contributed by atoms with van der Waals surface area (Å²) in [6.45, 7) is 1.84. The summed E-state index contributed by atoms with van der Waals surface area (Å²) >= 11 is 7.67. The molecule has 1 amide bonds. The molecule has 2 aromatic carbocycles. The number of thiazole rings is 1. The van der Waals surface area contributed by atoms with Crippen LogP contribution in [-0.2, 0) is 0 Å². The first-order valence-electron chi connectivity index (χ1n) is 7.60. The Labute approximate surface area is 152 Å². The second kappa shape index (κ2) is 6.31. The van der Waals surface area contributed by atoms with Gasteiger partial charge in [0, 0.05) is 0 Å². The Morgan fingerprint density at radius 1 is 1.16 bits per heavy atom. The highest BCUT2D eigenvalue weighted by atomic mass is 35.5. The Balaban J connectivity index is 1.64. The minimum atomic E-state index is -0.241. The smallest absolute Gasteiger partial charge is 0.260 e. The SMILES string of the molecule is Cc1c(C(=O)Nc2nc3ccccc3s2)cnn1-c1ccccc1Cl. The van der Waals surface area contributed by atoms with Gasteiger partial charge in [0.05, 0.1) is 38.4 Å². The third-order valence-electron chi connectivity index (χ3n) is 3.85. The lowest BCUT2D eigenvalue weighted by atomic mass is 10.2. The van der Waals surface area contributed by atoms with Crippen molar-refractivity contribution in [2.75, 3.05) is 5.32 Å². The number of nitrogens with one attached hydrogen (secondary N) is 1. The zero-order valence-electron chi connectivity index (χ0n) is 13.2. The highest BCUT2D eigenvalue weighted by molar-refractivity contribution is 7.22. The molecule has 0 aliphatic carbocycles. The van der Waals surface area contributed by atoms with Crippen LogP contribution >= 0.6 is 22.9 Å². The first kappa shape index (κ1) is 15.8. The Kier molecular flexibility index (Phi) is 3.99. The number of hydrogen-bond acceptors (Lipinski definition) is 4. The maximum absolute atomic E-state index is 12.6. The minimum Gasteiger partial charge on any atom is -0.298 e. The molecular weight excluding hydrogens is 356 g/mol. The third kappa shape index (κ3) is 2.90. The number of fused-ring (bicyclic) bond motifs is 1. The number of anilines is 1. The van der Waals surface area contributed by atoms with Gasteiger partial charge < -0.3 is 0 Å². The monoisotopic (exact) mass is 368 g/mol. The van der Waals surface area contributed by atoms with Crippen LogP contribution in [0.4, 0.5) is 5.13 Å². The number of benzene rings is 2. The van der Waals surface area contributed by atoms with Crippen LogP contribution in [0.2, 0.25) is 5.02 Å². The zero-order valence-corrected chi connectivity index (χ0v) is 14.8. The summed E-state index contributed by atoms with van der Waals surface area (Å²) in [4.78, 5) is 17.0. The summed E-state index contributed by atoms with van der Waals surface area (Å²) in [6.07, 6.45) is 1.54. The van der Waals surface area contributed by atoms with Crippen molar-refractivity contribution in [2.24, 2.45) is 0 Å². The number of carbonyl (C=O) groups excluding carboxylic acids is 1. The molecule has 0 spiro atoms. The average molecular weight is 369 g/mol. The predicted molar refractivity (Wildman–Crippen MR) is 101 cm³/mol. The van der Waals surface area contributed by atoms with Gasteiger partial charge in [-0.2, -0.15) is 5.10 Å². The molecule has 2 aromatic heterocycles. The molecule has 0 aliphatic heterocycles. The minimum absolute atomic E-state index is 0.241. The van der Waals surface area contributed by atoms with Crippen molar-refractivity contribution in [3.63, 3.8) is 0 Å². The lowest BCUT2D eigenvalue weighted by Gasteiger charge is -2.07. The van der Waals surface area contributed by atoms with E-state index in [1.165, 1.54) is 11.3 Å².